The second kappa shape index (κ2) is 6.56. The molecule has 28 heavy (non-hydrogen) atoms. The number of furan rings is 1. The van der Waals surface area contributed by atoms with Crippen molar-refractivity contribution in [3.8, 4) is 0 Å². The number of hydrogen-bond acceptors (Lipinski definition) is 5. The summed E-state index contributed by atoms with van der Waals surface area (Å²) in [5.74, 6) is -0.998. The van der Waals surface area contributed by atoms with Gasteiger partial charge >= 0.3 is 0 Å². The van der Waals surface area contributed by atoms with E-state index >= 15 is 0 Å². The molecule has 0 aliphatic carbocycles. The van der Waals surface area contributed by atoms with Crippen molar-refractivity contribution in [1.82, 2.24) is 4.31 Å². The number of nitrogens with zero attached hydrogens (tertiary/aromatic N) is 1. The van der Waals surface area contributed by atoms with E-state index in [0.717, 1.165) is 5.56 Å². The zero-order valence-corrected chi connectivity index (χ0v) is 17.2. The van der Waals surface area contributed by atoms with Gasteiger partial charge in [-0.1, -0.05) is 38.1 Å². The van der Waals surface area contributed by atoms with E-state index in [9.17, 15) is 8.42 Å². The first-order valence-electron chi connectivity index (χ1n) is 9.27. The lowest BCUT2D eigenvalue weighted by atomic mass is 9.95. The Kier molecular flexibility index (Phi) is 4.54. The maximum absolute atomic E-state index is 13.7. The highest BCUT2D eigenvalue weighted by molar-refractivity contribution is 7.89. The topological polar surface area (TPSA) is 69.0 Å². The fourth-order valence-corrected chi connectivity index (χ4v) is 5.43. The Labute approximate surface area is 165 Å². The van der Waals surface area contributed by atoms with Crippen LogP contribution in [-0.4, -0.2) is 31.8 Å². The number of rotatable bonds is 3. The fourth-order valence-electron chi connectivity index (χ4n) is 3.65. The standard InChI is InChI=1S/C21H25NO5S/c1-15-7-9-17(10-8-15)28(23,24)22-18(19-6-5-11-25-19)12-16(2)21(22)26-13-20(3,4)14-27-21/h5-11,18H,2,12-14H2,1,3-4H3. The molecule has 3 heterocycles. The van der Waals surface area contributed by atoms with Crippen molar-refractivity contribution in [3.63, 3.8) is 0 Å². The van der Waals surface area contributed by atoms with E-state index in [2.05, 4.69) is 6.58 Å². The van der Waals surface area contributed by atoms with Crippen LogP contribution in [0.2, 0.25) is 0 Å². The minimum Gasteiger partial charge on any atom is -0.468 e. The van der Waals surface area contributed by atoms with E-state index < -0.39 is 22.0 Å². The van der Waals surface area contributed by atoms with Gasteiger partial charge < -0.3 is 13.9 Å². The molecule has 1 atom stereocenters. The van der Waals surface area contributed by atoms with Crippen LogP contribution in [-0.2, 0) is 19.5 Å². The number of benzene rings is 1. The molecule has 7 heteroatoms. The van der Waals surface area contributed by atoms with Gasteiger partial charge in [-0.3, -0.25) is 0 Å². The van der Waals surface area contributed by atoms with E-state index in [4.69, 9.17) is 13.9 Å². The van der Waals surface area contributed by atoms with Gasteiger partial charge in [-0.05, 0) is 37.6 Å². The van der Waals surface area contributed by atoms with Gasteiger partial charge in [-0.25, -0.2) is 8.42 Å². The predicted molar refractivity (Wildman–Crippen MR) is 104 cm³/mol. The van der Waals surface area contributed by atoms with E-state index in [1.54, 1.807) is 36.4 Å². The molecule has 2 fully saturated rings. The summed E-state index contributed by atoms with van der Waals surface area (Å²) in [6.45, 7) is 10.8. The lowest BCUT2D eigenvalue weighted by Crippen LogP contribution is -2.57. The van der Waals surface area contributed by atoms with Gasteiger partial charge in [0.05, 0.1) is 30.4 Å². The molecular formula is C21H25NO5S. The van der Waals surface area contributed by atoms with Crippen molar-refractivity contribution >= 4 is 10.0 Å². The fraction of sp³-hybridized carbons (Fsp3) is 0.429. The summed E-state index contributed by atoms with van der Waals surface area (Å²) in [5, 5.41) is 0. The van der Waals surface area contributed by atoms with Crippen LogP contribution in [0.15, 0.2) is 64.1 Å². The summed E-state index contributed by atoms with van der Waals surface area (Å²) in [5.41, 5.74) is 1.34. The summed E-state index contributed by atoms with van der Waals surface area (Å²) in [6, 6.07) is 9.68. The third-order valence-electron chi connectivity index (χ3n) is 5.23. The molecule has 1 aromatic heterocycles. The van der Waals surface area contributed by atoms with Gasteiger partial charge in [0.2, 0.25) is 10.0 Å². The van der Waals surface area contributed by atoms with Crippen LogP contribution in [0.3, 0.4) is 0 Å². The highest BCUT2D eigenvalue weighted by Gasteiger charge is 2.61. The Hall–Kier alpha value is -1.93. The minimum atomic E-state index is -3.95. The molecule has 0 bridgehead atoms. The van der Waals surface area contributed by atoms with E-state index in [1.807, 2.05) is 20.8 Å². The van der Waals surface area contributed by atoms with Gasteiger partial charge in [-0.2, -0.15) is 0 Å². The number of sulfonamides is 1. The molecule has 0 radical (unpaired) electrons. The van der Waals surface area contributed by atoms with Crippen LogP contribution in [0.4, 0.5) is 0 Å². The van der Waals surface area contributed by atoms with Gasteiger partial charge in [0.1, 0.15) is 5.76 Å². The maximum Gasteiger partial charge on any atom is 0.268 e. The minimum absolute atomic E-state index is 0.181. The average molecular weight is 404 g/mol. The largest absolute Gasteiger partial charge is 0.468 e. The summed E-state index contributed by atoms with van der Waals surface area (Å²) >= 11 is 0. The molecule has 150 valence electrons. The number of hydrogen-bond donors (Lipinski definition) is 0. The molecular weight excluding hydrogens is 378 g/mol. The maximum atomic E-state index is 13.7. The number of ether oxygens (including phenoxy) is 2. The second-order valence-electron chi connectivity index (χ2n) is 8.28. The zero-order chi connectivity index (χ0) is 20.2. The van der Waals surface area contributed by atoms with Crippen molar-refractivity contribution < 1.29 is 22.3 Å². The predicted octanol–water partition coefficient (Wildman–Crippen LogP) is 4.01. The quantitative estimate of drug-likeness (QED) is 0.725. The SMILES string of the molecule is C=C1CC(c2ccco2)N(S(=O)(=O)c2ccc(C)cc2)C12OCC(C)(C)CO2. The highest BCUT2D eigenvalue weighted by atomic mass is 32.2. The van der Waals surface area contributed by atoms with E-state index in [-0.39, 0.29) is 10.3 Å². The van der Waals surface area contributed by atoms with Crippen molar-refractivity contribution in [2.24, 2.45) is 5.41 Å². The molecule has 1 aromatic carbocycles. The molecule has 0 amide bonds. The van der Waals surface area contributed by atoms with Crippen LogP contribution in [0.1, 0.15) is 37.6 Å². The molecule has 4 rings (SSSR count). The van der Waals surface area contributed by atoms with Gasteiger partial charge in [0, 0.05) is 11.0 Å². The highest BCUT2D eigenvalue weighted by Crippen LogP contribution is 2.52. The van der Waals surface area contributed by atoms with Crippen LogP contribution in [0.25, 0.3) is 0 Å². The van der Waals surface area contributed by atoms with Crippen molar-refractivity contribution in [2.45, 2.75) is 44.0 Å². The van der Waals surface area contributed by atoms with Crippen LogP contribution >= 0.6 is 0 Å². The Morgan fingerprint density at radius 3 is 2.32 bits per heavy atom. The average Bonchev–Trinajstić information content (AvgIpc) is 3.25. The third-order valence-corrected chi connectivity index (χ3v) is 7.11. The van der Waals surface area contributed by atoms with Gasteiger partial charge in [-0.15, -0.1) is 4.31 Å². The molecule has 2 aromatic rings. The normalized spacial score (nSPS) is 24.7. The molecule has 6 nitrogen and oxygen atoms in total. The zero-order valence-electron chi connectivity index (χ0n) is 16.3. The summed E-state index contributed by atoms with van der Waals surface area (Å²) in [7, 11) is -3.95. The van der Waals surface area contributed by atoms with Gasteiger partial charge in [0.25, 0.3) is 5.91 Å². The lowest BCUT2D eigenvalue weighted by molar-refractivity contribution is -0.318. The molecule has 2 saturated heterocycles. The van der Waals surface area contributed by atoms with Crippen molar-refractivity contribution in [3.05, 3.63) is 66.1 Å². The van der Waals surface area contributed by atoms with E-state index in [0.29, 0.717) is 31.0 Å². The van der Waals surface area contributed by atoms with E-state index in [1.165, 1.54) is 10.6 Å². The first-order chi connectivity index (χ1) is 13.2. The second-order valence-corrected chi connectivity index (χ2v) is 10.1. The third kappa shape index (κ3) is 3.03. The smallest absolute Gasteiger partial charge is 0.268 e. The molecule has 1 spiro atoms. The van der Waals surface area contributed by atoms with Gasteiger partial charge in [0.15, 0.2) is 0 Å². The molecule has 2 aliphatic heterocycles. The first-order valence-corrected chi connectivity index (χ1v) is 10.7. The van der Waals surface area contributed by atoms with Crippen molar-refractivity contribution in [2.75, 3.05) is 13.2 Å². The number of aryl methyl sites for hydroxylation is 1. The molecule has 0 saturated carbocycles. The van der Waals surface area contributed by atoms with Crippen LogP contribution in [0, 0.1) is 12.3 Å². The Morgan fingerprint density at radius 2 is 1.75 bits per heavy atom. The monoisotopic (exact) mass is 403 g/mol. The lowest BCUT2D eigenvalue weighted by Gasteiger charge is -2.46. The van der Waals surface area contributed by atoms with Crippen molar-refractivity contribution in [1.29, 1.82) is 0 Å². The van der Waals surface area contributed by atoms with Crippen LogP contribution < -0.4 is 0 Å². The Morgan fingerprint density at radius 1 is 1.11 bits per heavy atom. The Bertz CT molecular complexity index is 966. The molecule has 0 N–H and O–H groups in total. The molecule has 1 unspecified atom stereocenters. The Balaban J connectivity index is 1.84. The summed E-state index contributed by atoms with van der Waals surface area (Å²) in [6.07, 6.45) is 1.89. The van der Waals surface area contributed by atoms with Crippen LogP contribution in [0.5, 0.6) is 0 Å². The summed E-state index contributed by atoms with van der Waals surface area (Å²) in [4.78, 5) is 0.181. The first kappa shape index (κ1) is 19.4. The summed E-state index contributed by atoms with van der Waals surface area (Å²) < 4.78 is 46.5. The molecule has 2 aliphatic rings.